The molecule has 0 aliphatic carbocycles. The Bertz CT molecular complexity index is 862. The average molecular weight is 435 g/mol. The van der Waals surface area contributed by atoms with Crippen molar-refractivity contribution in [3.8, 4) is 11.5 Å². The van der Waals surface area contributed by atoms with E-state index in [1.54, 1.807) is 37.3 Å². The van der Waals surface area contributed by atoms with E-state index in [0.717, 1.165) is 18.4 Å². The summed E-state index contributed by atoms with van der Waals surface area (Å²) in [5, 5.41) is 2.62. The summed E-state index contributed by atoms with van der Waals surface area (Å²) in [6, 6.07) is 11.4. The highest BCUT2D eigenvalue weighted by atomic mass is 31.2. The number of phosphoric ester groups is 1. The van der Waals surface area contributed by atoms with Crippen LogP contribution in [0.25, 0.3) is 0 Å². The summed E-state index contributed by atoms with van der Waals surface area (Å²) in [7, 11) is -4.75. The van der Waals surface area contributed by atoms with Gasteiger partial charge in [0, 0.05) is 5.56 Å². The largest absolute Gasteiger partial charge is 0.524 e. The van der Waals surface area contributed by atoms with Gasteiger partial charge in [0.15, 0.2) is 5.75 Å². The Morgan fingerprint density at radius 3 is 2.33 bits per heavy atom. The molecule has 3 N–H and O–H groups in total. The maximum Gasteiger partial charge on any atom is 0.524 e. The number of carbonyl (C=O) groups excluding carboxylic acids is 1. The number of rotatable bonds is 12. The molecule has 0 aliphatic heterocycles. The molecule has 2 aromatic carbocycles. The highest BCUT2D eigenvalue weighted by Gasteiger charge is 2.20. The molecule has 8 heteroatoms. The van der Waals surface area contributed by atoms with Crippen molar-refractivity contribution in [2.75, 3.05) is 11.9 Å². The Labute approximate surface area is 177 Å². The Morgan fingerprint density at radius 2 is 1.67 bits per heavy atom. The third-order valence-electron chi connectivity index (χ3n) is 4.49. The van der Waals surface area contributed by atoms with Crippen molar-refractivity contribution in [2.24, 2.45) is 0 Å². The van der Waals surface area contributed by atoms with Gasteiger partial charge in [0.2, 0.25) is 0 Å². The summed E-state index contributed by atoms with van der Waals surface area (Å²) in [5.74, 6) is 0.188. The van der Waals surface area contributed by atoms with Crippen LogP contribution >= 0.6 is 7.82 Å². The Kier molecular flexibility index (Phi) is 9.37. The number of hydrogen-bond acceptors (Lipinski definition) is 4. The normalized spacial score (nSPS) is 11.2. The molecule has 0 saturated heterocycles. The zero-order valence-corrected chi connectivity index (χ0v) is 18.4. The summed E-state index contributed by atoms with van der Waals surface area (Å²) in [6.07, 6.45) is 7.15. The van der Waals surface area contributed by atoms with Crippen molar-refractivity contribution in [2.45, 2.75) is 52.4 Å². The molecular weight excluding hydrogens is 405 g/mol. The van der Waals surface area contributed by atoms with Gasteiger partial charge in [-0.1, -0.05) is 45.1 Å². The average Bonchev–Trinajstić information content (AvgIpc) is 2.68. The van der Waals surface area contributed by atoms with Gasteiger partial charge < -0.3 is 14.6 Å². The minimum Gasteiger partial charge on any atom is -0.494 e. The molecular formula is C22H30NO6P. The van der Waals surface area contributed by atoms with Crippen molar-refractivity contribution in [3.63, 3.8) is 0 Å². The molecule has 164 valence electrons. The van der Waals surface area contributed by atoms with E-state index in [0.29, 0.717) is 17.9 Å². The van der Waals surface area contributed by atoms with E-state index in [-0.39, 0.29) is 11.4 Å². The van der Waals surface area contributed by atoms with Crippen LogP contribution in [-0.2, 0) is 4.57 Å². The van der Waals surface area contributed by atoms with E-state index in [2.05, 4.69) is 16.8 Å². The van der Waals surface area contributed by atoms with Crippen molar-refractivity contribution < 1.29 is 28.4 Å². The van der Waals surface area contributed by atoms with Gasteiger partial charge >= 0.3 is 7.82 Å². The molecule has 0 radical (unpaired) electrons. The van der Waals surface area contributed by atoms with Crippen molar-refractivity contribution in [1.29, 1.82) is 0 Å². The molecule has 0 heterocycles. The van der Waals surface area contributed by atoms with Crippen LogP contribution in [0.4, 0.5) is 5.69 Å². The zero-order valence-electron chi connectivity index (χ0n) is 17.5. The third kappa shape index (κ3) is 8.57. The van der Waals surface area contributed by atoms with Gasteiger partial charge in [-0.2, -0.15) is 0 Å². The Balaban J connectivity index is 1.90. The maximum atomic E-state index is 12.5. The summed E-state index contributed by atoms with van der Waals surface area (Å²) < 4.78 is 21.6. The van der Waals surface area contributed by atoms with Crippen LogP contribution in [0.2, 0.25) is 0 Å². The van der Waals surface area contributed by atoms with Crippen LogP contribution in [0.1, 0.15) is 61.4 Å². The number of phosphoric acid groups is 1. The lowest BCUT2D eigenvalue weighted by molar-refractivity contribution is 0.102. The molecule has 7 nitrogen and oxygen atoms in total. The predicted octanol–water partition coefficient (Wildman–Crippen LogP) is 5.46. The van der Waals surface area contributed by atoms with Crippen molar-refractivity contribution >= 4 is 19.4 Å². The molecule has 30 heavy (non-hydrogen) atoms. The molecule has 1 amide bonds. The number of ether oxygens (including phenoxy) is 1. The van der Waals surface area contributed by atoms with E-state index < -0.39 is 13.7 Å². The molecule has 0 aliphatic rings. The van der Waals surface area contributed by atoms with Crippen LogP contribution in [0.5, 0.6) is 11.5 Å². The first-order valence-electron chi connectivity index (χ1n) is 10.2. The number of carbonyl (C=O) groups is 1. The first-order chi connectivity index (χ1) is 14.3. The van der Waals surface area contributed by atoms with Gasteiger partial charge in [-0.15, -0.1) is 0 Å². The van der Waals surface area contributed by atoms with Crippen LogP contribution in [0, 0.1) is 6.92 Å². The highest BCUT2D eigenvalue weighted by molar-refractivity contribution is 7.46. The number of unbranched alkanes of at least 4 members (excludes halogenated alkanes) is 5. The van der Waals surface area contributed by atoms with Gasteiger partial charge in [-0.3, -0.25) is 14.6 Å². The van der Waals surface area contributed by atoms with Gasteiger partial charge in [-0.25, -0.2) is 4.57 Å². The second-order valence-corrected chi connectivity index (χ2v) is 8.34. The van der Waals surface area contributed by atoms with E-state index in [9.17, 15) is 9.36 Å². The van der Waals surface area contributed by atoms with E-state index in [1.165, 1.54) is 37.8 Å². The fourth-order valence-corrected chi connectivity index (χ4v) is 3.31. The summed E-state index contributed by atoms with van der Waals surface area (Å²) in [4.78, 5) is 30.7. The summed E-state index contributed by atoms with van der Waals surface area (Å²) >= 11 is 0. The van der Waals surface area contributed by atoms with Crippen LogP contribution in [-0.4, -0.2) is 22.3 Å². The molecule has 2 aromatic rings. The fraction of sp³-hybridized carbons (Fsp3) is 0.409. The summed E-state index contributed by atoms with van der Waals surface area (Å²) in [6.45, 7) is 4.59. The quantitative estimate of drug-likeness (QED) is 0.302. The molecule has 0 fully saturated rings. The number of amides is 1. The summed E-state index contributed by atoms with van der Waals surface area (Å²) in [5.41, 5.74) is 1.31. The number of hydrogen-bond donors (Lipinski definition) is 3. The highest BCUT2D eigenvalue weighted by Crippen LogP contribution is 2.41. The lowest BCUT2D eigenvalue weighted by Crippen LogP contribution is -2.12. The smallest absolute Gasteiger partial charge is 0.494 e. The minimum atomic E-state index is -4.75. The molecule has 0 atom stereocenters. The topological polar surface area (TPSA) is 105 Å². The fourth-order valence-electron chi connectivity index (χ4n) is 2.91. The van der Waals surface area contributed by atoms with Crippen LogP contribution in [0.15, 0.2) is 42.5 Å². The lowest BCUT2D eigenvalue weighted by Gasteiger charge is -2.14. The van der Waals surface area contributed by atoms with Gasteiger partial charge in [0.05, 0.1) is 12.3 Å². The van der Waals surface area contributed by atoms with Gasteiger partial charge in [-0.05, 0) is 55.3 Å². The minimum absolute atomic E-state index is 0.0874. The second kappa shape index (κ2) is 11.7. The van der Waals surface area contributed by atoms with Crippen LogP contribution in [0.3, 0.4) is 0 Å². The van der Waals surface area contributed by atoms with E-state index in [4.69, 9.17) is 14.5 Å². The van der Waals surface area contributed by atoms with Crippen LogP contribution < -0.4 is 14.6 Å². The predicted molar refractivity (Wildman–Crippen MR) is 117 cm³/mol. The lowest BCUT2D eigenvalue weighted by atomic mass is 10.1. The number of benzene rings is 2. The Morgan fingerprint density at radius 1 is 1.00 bits per heavy atom. The molecule has 0 spiro atoms. The van der Waals surface area contributed by atoms with Crippen molar-refractivity contribution in [3.05, 3.63) is 53.6 Å². The number of anilines is 1. The molecule has 2 rings (SSSR count). The Hall–Kier alpha value is -2.34. The second-order valence-electron chi connectivity index (χ2n) is 7.18. The number of nitrogens with one attached hydrogen (secondary N) is 1. The molecule has 0 unspecified atom stereocenters. The standard InChI is InChI=1S/C22H30NO6P/c1-3-4-5-6-7-8-15-28-19-12-10-18(11-13-19)22(24)23-20-14-9-17(2)16-21(20)29-30(25,26)27/h9-14,16H,3-8,15H2,1-2H3,(H,23,24)(H2,25,26,27). The maximum absolute atomic E-state index is 12.5. The molecule has 0 saturated carbocycles. The first kappa shape index (κ1) is 23.9. The zero-order chi connectivity index (χ0) is 22.0. The molecule has 0 aromatic heterocycles. The van der Waals surface area contributed by atoms with Crippen molar-refractivity contribution in [1.82, 2.24) is 0 Å². The first-order valence-corrected chi connectivity index (χ1v) is 11.7. The number of aryl methyl sites for hydroxylation is 1. The third-order valence-corrected chi connectivity index (χ3v) is 4.92. The monoisotopic (exact) mass is 435 g/mol. The van der Waals surface area contributed by atoms with Gasteiger partial charge in [0.1, 0.15) is 5.75 Å². The van der Waals surface area contributed by atoms with E-state index >= 15 is 0 Å². The van der Waals surface area contributed by atoms with E-state index in [1.807, 2.05) is 0 Å². The molecule has 0 bridgehead atoms. The van der Waals surface area contributed by atoms with Gasteiger partial charge in [0.25, 0.3) is 5.91 Å². The SMILES string of the molecule is CCCCCCCCOc1ccc(C(=O)Nc2ccc(C)cc2OP(=O)(O)O)cc1.